The number of esters is 1. The van der Waals surface area contributed by atoms with E-state index in [0.717, 1.165) is 11.1 Å². The van der Waals surface area contributed by atoms with E-state index >= 15 is 0 Å². The Morgan fingerprint density at radius 1 is 1.30 bits per heavy atom. The summed E-state index contributed by atoms with van der Waals surface area (Å²) in [5.41, 5.74) is 5.76. The molecule has 1 aliphatic rings. The topological polar surface area (TPSA) is 35.5 Å². The van der Waals surface area contributed by atoms with Crippen molar-refractivity contribution in [1.29, 1.82) is 0 Å². The molecule has 27 heavy (non-hydrogen) atoms. The average Bonchev–Trinajstić information content (AvgIpc) is 2.61. The third kappa shape index (κ3) is 5.35. The Hall–Kier alpha value is -2.29. The van der Waals surface area contributed by atoms with Crippen molar-refractivity contribution < 1.29 is 14.3 Å². The summed E-state index contributed by atoms with van der Waals surface area (Å²) >= 11 is 0. The SMILES string of the molecule is CCOC(=O)c1ccc(/C=C(\C)C=CC2=C(C)CCCC2(C)C)c(OC)c1. The van der Waals surface area contributed by atoms with E-state index < -0.39 is 0 Å². The molecular weight excluding hydrogens is 336 g/mol. The molecule has 0 aliphatic heterocycles. The fourth-order valence-corrected chi connectivity index (χ4v) is 3.69. The summed E-state index contributed by atoms with van der Waals surface area (Å²) in [6.07, 6.45) is 10.2. The third-order valence-electron chi connectivity index (χ3n) is 5.18. The summed E-state index contributed by atoms with van der Waals surface area (Å²) in [4.78, 5) is 11.9. The van der Waals surface area contributed by atoms with Gasteiger partial charge in [0.25, 0.3) is 0 Å². The first-order chi connectivity index (χ1) is 12.8. The molecule has 0 bridgehead atoms. The van der Waals surface area contributed by atoms with Crippen molar-refractivity contribution in [3.63, 3.8) is 0 Å². The van der Waals surface area contributed by atoms with Crippen molar-refractivity contribution in [2.45, 2.75) is 53.9 Å². The molecule has 1 aromatic carbocycles. The second kappa shape index (κ2) is 9.07. The molecule has 0 amide bonds. The lowest BCUT2D eigenvalue weighted by molar-refractivity contribution is 0.0526. The van der Waals surface area contributed by atoms with Crippen LogP contribution in [-0.2, 0) is 4.74 Å². The number of hydrogen-bond acceptors (Lipinski definition) is 3. The van der Waals surface area contributed by atoms with Gasteiger partial charge in [0.05, 0.1) is 19.3 Å². The molecule has 0 atom stereocenters. The molecule has 0 saturated carbocycles. The predicted octanol–water partition coefficient (Wildman–Crippen LogP) is 6.36. The van der Waals surface area contributed by atoms with E-state index in [0.29, 0.717) is 17.9 Å². The van der Waals surface area contributed by atoms with Gasteiger partial charge in [0.1, 0.15) is 5.75 Å². The Labute approximate surface area is 163 Å². The first-order valence-corrected chi connectivity index (χ1v) is 9.70. The highest BCUT2D eigenvalue weighted by Crippen LogP contribution is 2.40. The standard InChI is InChI=1S/C24H32O3/c1-7-27-23(25)20-12-11-19(22(16-20)26-6)15-17(2)10-13-21-18(3)9-8-14-24(21,4)5/h10-13,15-16H,7-9,14H2,1-6H3/b13-10?,17-15+. The molecule has 146 valence electrons. The van der Waals surface area contributed by atoms with Gasteiger partial charge in [-0.25, -0.2) is 4.79 Å². The lowest BCUT2D eigenvalue weighted by Crippen LogP contribution is -2.19. The van der Waals surface area contributed by atoms with E-state index in [4.69, 9.17) is 9.47 Å². The molecule has 0 fully saturated rings. The number of ether oxygens (including phenoxy) is 2. The number of allylic oxidation sites excluding steroid dienone is 5. The van der Waals surface area contributed by atoms with E-state index in [1.54, 1.807) is 26.2 Å². The van der Waals surface area contributed by atoms with Crippen molar-refractivity contribution in [2.75, 3.05) is 13.7 Å². The number of carbonyl (C=O) groups excluding carboxylic acids is 1. The predicted molar refractivity (Wildman–Crippen MR) is 112 cm³/mol. The molecule has 1 aliphatic carbocycles. The molecule has 3 nitrogen and oxygen atoms in total. The Kier molecular flexibility index (Phi) is 7.06. The lowest BCUT2D eigenvalue weighted by Gasteiger charge is -2.32. The zero-order valence-corrected chi connectivity index (χ0v) is 17.5. The zero-order chi connectivity index (χ0) is 20.0. The highest BCUT2D eigenvalue weighted by Gasteiger charge is 2.26. The van der Waals surface area contributed by atoms with Crippen LogP contribution in [-0.4, -0.2) is 19.7 Å². The van der Waals surface area contributed by atoms with Gasteiger partial charge in [-0.15, -0.1) is 0 Å². The highest BCUT2D eigenvalue weighted by atomic mass is 16.5. The number of benzene rings is 1. The van der Waals surface area contributed by atoms with Crippen LogP contribution in [0.5, 0.6) is 5.75 Å². The fourth-order valence-electron chi connectivity index (χ4n) is 3.69. The molecule has 1 aromatic rings. The molecule has 0 radical (unpaired) electrons. The van der Waals surface area contributed by atoms with E-state index in [1.807, 2.05) is 6.07 Å². The van der Waals surface area contributed by atoms with Crippen LogP contribution < -0.4 is 4.74 Å². The van der Waals surface area contributed by atoms with E-state index in [2.05, 4.69) is 45.9 Å². The quantitative estimate of drug-likeness (QED) is 0.433. The lowest BCUT2D eigenvalue weighted by atomic mass is 9.72. The second-order valence-corrected chi connectivity index (χ2v) is 7.83. The van der Waals surface area contributed by atoms with Gasteiger partial charge in [-0.1, -0.05) is 43.2 Å². The van der Waals surface area contributed by atoms with Crippen molar-refractivity contribution >= 4 is 12.0 Å². The number of methoxy groups -OCH3 is 1. The van der Waals surface area contributed by atoms with Gasteiger partial charge in [0.2, 0.25) is 0 Å². The van der Waals surface area contributed by atoms with Crippen LogP contribution in [0.4, 0.5) is 0 Å². The Morgan fingerprint density at radius 2 is 2.04 bits per heavy atom. The Balaban J connectivity index is 2.26. The van der Waals surface area contributed by atoms with Gasteiger partial charge in [-0.3, -0.25) is 0 Å². The van der Waals surface area contributed by atoms with Crippen LogP contribution in [0, 0.1) is 5.41 Å². The summed E-state index contributed by atoms with van der Waals surface area (Å²) in [5.74, 6) is 0.339. The van der Waals surface area contributed by atoms with Crippen LogP contribution >= 0.6 is 0 Å². The van der Waals surface area contributed by atoms with Gasteiger partial charge >= 0.3 is 5.97 Å². The molecule has 0 aromatic heterocycles. The Morgan fingerprint density at radius 3 is 2.67 bits per heavy atom. The number of rotatable bonds is 6. The first kappa shape index (κ1) is 21.0. The summed E-state index contributed by atoms with van der Waals surface area (Å²) < 4.78 is 10.5. The van der Waals surface area contributed by atoms with Crippen molar-refractivity contribution in [3.8, 4) is 5.75 Å². The van der Waals surface area contributed by atoms with Crippen molar-refractivity contribution in [3.05, 3.63) is 58.2 Å². The first-order valence-electron chi connectivity index (χ1n) is 9.70. The molecule has 0 heterocycles. The summed E-state index contributed by atoms with van der Waals surface area (Å²) in [6.45, 7) is 11.1. The molecular formula is C24H32O3. The zero-order valence-electron chi connectivity index (χ0n) is 17.5. The highest BCUT2D eigenvalue weighted by molar-refractivity contribution is 5.90. The molecule has 0 N–H and O–H groups in total. The smallest absolute Gasteiger partial charge is 0.338 e. The van der Waals surface area contributed by atoms with E-state index in [-0.39, 0.29) is 11.4 Å². The van der Waals surface area contributed by atoms with Crippen LogP contribution in [0.3, 0.4) is 0 Å². The molecule has 0 unspecified atom stereocenters. The Bertz CT molecular complexity index is 779. The summed E-state index contributed by atoms with van der Waals surface area (Å²) in [5, 5.41) is 0. The van der Waals surface area contributed by atoms with E-state index in [1.165, 1.54) is 30.4 Å². The van der Waals surface area contributed by atoms with Crippen LogP contribution in [0.1, 0.15) is 69.8 Å². The van der Waals surface area contributed by atoms with Crippen LogP contribution in [0.15, 0.2) is 47.1 Å². The average molecular weight is 369 g/mol. The molecule has 2 rings (SSSR count). The van der Waals surface area contributed by atoms with E-state index in [9.17, 15) is 4.79 Å². The number of hydrogen-bond donors (Lipinski definition) is 0. The molecule has 0 spiro atoms. The molecule has 3 heteroatoms. The summed E-state index contributed by atoms with van der Waals surface area (Å²) in [7, 11) is 1.62. The maximum absolute atomic E-state index is 11.9. The van der Waals surface area contributed by atoms with Crippen molar-refractivity contribution in [1.82, 2.24) is 0 Å². The largest absolute Gasteiger partial charge is 0.496 e. The maximum Gasteiger partial charge on any atom is 0.338 e. The molecule has 0 saturated heterocycles. The van der Waals surface area contributed by atoms with Gasteiger partial charge in [-0.2, -0.15) is 0 Å². The van der Waals surface area contributed by atoms with Crippen molar-refractivity contribution in [2.24, 2.45) is 5.41 Å². The van der Waals surface area contributed by atoms with Gasteiger partial charge in [-0.05, 0) is 69.2 Å². The van der Waals surface area contributed by atoms with Crippen LogP contribution in [0.25, 0.3) is 6.08 Å². The monoisotopic (exact) mass is 368 g/mol. The van der Waals surface area contributed by atoms with Crippen LogP contribution in [0.2, 0.25) is 0 Å². The summed E-state index contributed by atoms with van der Waals surface area (Å²) in [6, 6.07) is 5.41. The second-order valence-electron chi connectivity index (χ2n) is 7.83. The minimum absolute atomic E-state index is 0.234. The van der Waals surface area contributed by atoms with Gasteiger partial charge in [0, 0.05) is 5.56 Å². The normalized spacial score (nSPS) is 17.3. The van der Waals surface area contributed by atoms with Gasteiger partial charge in [0.15, 0.2) is 0 Å². The number of carbonyl (C=O) groups is 1. The third-order valence-corrected chi connectivity index (χ3v) is 5.18. The fraction of sp³-hybridized carbons (Fsp3) is 0.458. The minimum Gasteiger partial charge on any atom is -0.496 e. The maximum atomic E-state index is 11.9. The minimum atomic E-state index is -0.329. The van der Waals surface area contributed by atoms with Gasteiger partial charge < -0.3 is 9.47 Å².